The van der Waals surface area contributed by atoms with Gasteiger partial charge in [-0.2, -0.15) is 5.26 Å². The van der Waals surface area contributed by atoms with Crippen molar-refractivity contribution < 1.29 is 14.0 Å². The lowest BCUT2D eigenvalue weighted by Crippen LogP contribution is -2.21. The van der Waals surface area contributed by atoms with E-state index >= 15 is 0 Å². The number of nitriles is 1. The molecular weight excluding hydrogens is 212 g/mol. The van der Waals surface area contributed by atoms with Gasteiger partial charge in [-0.3, -0.25) is 9.59 Å². The number of carbonyl (C=O) groups excluding carboxylic acids is 2. The van der Waals surface area contributed by atoms with Gasteiger partial charge in [0, 0.05) is 13.5 Å². The monoisotopic (exact) mass is 221 g/mol. The van der Waals surface area contributed by atoms with Crippen LogP contribution in [0.25, 0.3) is 0 Å². The fraction of sp³-hybridized carbons (Fsp3) is 0.222. The minimum absolute atomic E-state index is 0.000213. The molecule has 1 aromatic heterocycles. The number of hydrogen-bond donors (Lipinski definition) is 1. The Morgan fingerprint density at radius 1 is 1.75 bits per heavy atom. The van der Waals surface area contributed by atoms with E-state index in [2.05, 4.69) is 4.98 Å². The maximum Gasteiger partial charge on any atom is 0.288 e. The van der Waals surface area contributed by atoms with Crippen molar-refractivity contribution in [3.05, 3.63) is 24.3 Å². The van der Waals surface area contributed by atoms with Gasteiger partial charge < -0.3 is 10.2 Å². The highest BCUT2D eigenvalue weighted by Gasteiger charge is 2.16. The van der Waals surface area contributed by atoms with Crippen molar-refractivity contribution in [2.24, 2.45) is 5.73 Å². The summed E-state index contributed by atoms with van der Waals surface area (Å²) in [6.45, 7) is 0. The second kappa shape index (κ2) is 4.93. The third-order valence-corrected chi connectivity index (χ3v) is 1.67. The van der Waals surface area contributed by atoms with Gasteiger partial charge >= 0.3 is 0 Å². The van der Waals surface area contributed by atoms with Crippen molar-refractivity contribution in [2.75, 3.05) is 7.05 Å². The van der Waals surface area contributed by atoms with Crippen LogP contribution in [-0.4, -0.2) is 28.7 Å². The summed E-state index contributed by atoms with van der Waals surface area (Å²) in [5, 5.41) is 8.48. The van der Waals surface area contributed by atoms with Crippen LogP contribution >= 0.6 is 0 Å². The summed E-state index contributed by atoms with van der Waals surface area (Å²) in [6.07, 6.45) is 4.08. The number of amides is 2. The van der Waals surface area contributed by atoms with Gasteiger partial charge in [0.25, 0.3) is 5.91 Å². The minimum Gasteiger partial charge on any atom is -0.448 e. The number of primary amides is 1. The van der Waals surface area contributed by atoms with E-state index in [1.165, 1.54) is 13.5 Å². The van der Waals surface area contributed by atoms with Crippen molar-refractivity contribution in [3.8, 4) is 6.19 Å². The molecule has 2 N–H and O–H groups in total. The third-order valence-electron chi connectivity index (χ3n) is 1.67. The van der Waals surface area contributed by atoms with Crippen molar-refractivity contribution in [1.82, 2.24) is 9.88 Å². The van der Waals surface area contributed by atoms with Crippen molar-refractivity contribution >= 4 is 11.8 Å². The van der Waals surface area contributed by atoms with Crippen molar-refractivity contribution in [1.29, 1.82) is 5.26 Å². The minimum atomic E-state index is -0.579. The summed E-state index contributed by atoms with van der Waals surface area (Å²) in [7, 11) is 1.31. The van der Waals surface area contributed by atoms with Gasteiger partial charge in [0.2, 0.25) is 5.91 Å². The molecule has 0 aliphatic heterocycles. The zero-order valence-electron chi connectivity index (χ0n) is 8.51. The van der Waals surface area contributed by atoms with E-state index in [1.54, 1.807) is 6.19 Å². The number of nitrogens with zero attached hydrogens (tertiary/aromatic N) is 3. The molecule has 0 bridgehead atoms. The molecule has 0 fully saturated rings. The maximum absolute atomic E-state index is 11.4. The van der Waals surface area contributed by atoms with Crippen LogP contribution in [0.1, 0.15) is 22.8 Å². The molecule has 2 amide bonds. The molecule has 7 heteroatoms. The molecule has 0 saturated carbocycles. The van der Waals surface area contributed by atoms with E-state index < -0.39 is 11.8 Å². The van der Waals surface area contributed by atoms with Crippen LogP contribution < -0.4 is 5.73 Å². The summed E-state index contributed by atoms with van der Waals surface area (Å²) < 4.78 is 4.90. The third kappa shape index (κ3) is 2.81. The molecule has 1 aromatic rings. The standard InChI is InChI=1S/C9H9N4O3/c1-13(5-10)9(15)6-4-16-8(12-6)3-2-7(11)14/h3-4H,2H2,1H3,(H2,11,14). The van der Waals surface area contributed by atoms with E-state index in [0.29, 0.717) is 0 Å². The quantitative estimate of drug-likeness (QED) is 0.551. The van der Waals surface area contributed by atoms with Crippen LogP contribution in [0, 0.1) is 17.9 Å². The van der Waals surface area contributed by atoms with E-state index in [1.807, 2.05) is 0 Å². The molecule has 83 valence electrons. The van der Waals surface area contributed by atoms with Crippen LogP contribution in [0.2, 0.25) is 0 Å². The van der Waals surface area contributed by atoms with Gasteiger partial charge in [0.1, 0.15) is 6.26 Å². The Balaban J connectivity index is 2.68. The largest absolute Gasteiger partial charge is 0.448 e. The molecular formula is C9H9N4O3. The number of rotatable bonds is 4. The average molecular weight is 221 g/mol. The number of oxazole rings is 1. The molecule has 7 nitrogen and oxygen atoms in total. The molecule has 1 rings (SSSR count). The lowest BCUT2D eigenvalue weighted by atomic mass is 10.3. The first kappa shape index (κ1) is 11.7. The highest BCUT2D eigenvalue weighted by Crippen LogP contribution is 2.07. The van der Waals surface area contributed by atoms with Gasteiger partial charge in [-0.05, 0) is 0 Å². The van der Waals surface area contributed by atoms with E-state index in [4.69, 9.17) is 15.4 Å². The molecule has 0 saturated heterocycles. The first-order valence-electron chi connectivity index (χ1n) is 4.29. The molecule has 0 spiro atoms. The van der Waals surface area contributed by atoms with Gasteiger partial charge in [0.15, 0.2) is 17.8 Å². The van der Waals surface area contributed by atoms with Crippen LogP contribution in [0.15, 0.2) is 10.7 Å². The smallest absolute Gasteiger partial charge is 0.288 e. The van der Waals surface area contributed by atoms with Crippen LogP contribution in [0.5, 0.6) is 0 Å². The highest BCUT2D eigenvalue weighted by atomic mass is 16.3. The van der Waals surface area contributed by atoms with Gasteiger partial charge in [-0.25, -0.2) is 9.88 Å². The predicted octanol–water partition coefficient (Wildman–Crippen LogP) is -0.345. The van der Waals surface area contributed by atoms with Crippen LogP contribution in [0.4, 0.5) is 0 Å². The molecule has 1 heterocycles. The molecule has 16 heavy (non-hydrogen) atoms. The highest BCUT2D eigenvalue weighted by molar-refractivity contribution is 5.92. The Hall–Kier alpha value is -2.36. The molecule has 1 radical (unpaired) electrons. The van der Waals surface area contributed by atoms with E-state index in [0.717, 1.165) is 11.2 Å². The van der Waals surface area contributed by atoms with Gasteiger partial charge in [-0.1, -0.05) is 0 Å². The van der Waals surface area contributed by atoms with Crippen molar-refractivity contribution in [2.45, 2.75) is 6.42 Å². The molecule has 0 atom stereocenters. The average Bonchev–Trinajstić information content (AvgIpc) is 2.72. The van der Waals surface area contributed by atoms with E-state index in [9.17, 15) is 9.59 Å². The molecule has 0 unspecified atom stereocenters. The van der Waals surface area contributed by atoms with Gasteiger partial charge in [-0.15, -0.1) is 0 Å². The maximum atomic E-state index is 11.4. The number of carbonyl (C=O) groups is 2. The summed E-state index contributed by atoms with van der Waals surface area (Å²) in [5.41, 5.74) is 4.92. The molecule has 0 aliphatic rings. The number of aromatic nitrogens is 1. The second-order valence-corrected chi connectivity index (χ2v) is 2.91. The fourth-order valence-electron chi connectivity index (χ4n) is 0.885. The molecule has 0 aliphatic carbocycles. The normalized spacial score (nSPS) is 9.50. The summed E-state index contributed by atoms with van der Waals surface area (Å²) in [6, 6.07) is 0. The zero-order chi connectivity index (χ0) is 12.1. The second-order valence-electron chi connectivity index (χ2n) is 2.91. The Labute approximate surface area is 91.5 Å². The Bertz CT molecular complexity index is 446. The van der Waals surface area contributed by atoms with Crippen LogP contribution in [0.3, 0.4) is 0 Å². The fourth-order valence-corrected chi connectivity index (χ4v) is 0.885. The number of hydrogen-bond acceptors (Lipinski definition) is 5. The Morgan fingerprint density at radius 3 is 3.00 bits per heavy atom. The predicted molar refractivity (Wildman–Crippen MR) is 51.4 cm³/mol. The SMILES string of the molecule is CN(C#N)C(=O)c1coc([CH]CC(N)=O)n1. The summed E-state index contributed by atoms with van der Waals surface area (Å²) in [5.74, 6) is -0.987. The van der Waals surface area contributed by atoms with Crippen molar-refractivity contribution in [3.63, 3.8) is 0 Å². The lowest BCUT2D eigenvalue weighted by molar-refractivity contribution is -0.117. The summed E-state index contributed by atoms with van der Waals surface area (Å²) >= 11 is 0. The Morgan fingerprint density at radius 2 is 2.44 bits per heavy atom. The number of nitrogens with two attached hydrogens (primary N) is 1. The summed E-state index contributed by atoms with van der Waals surface area (Å²) in [4.78, 5) is 26.5. The van der Waals surface area contributed by atoms with Crippen LogP contribution in [-0.2, 0) is 4.79 Å². The Kier molecular flexibility index (Phi) is 3.61. The topological polar surface area (TPSA) is 113 Å². The molecule has 0 aromatic carbocycles. The first-order valence-corrected chi connectivity index (χ1v) is 4.29. The van der Waals surface area contributed by atoms with E-state index in [-0.39, 0.29) is 18.0 Å². The first-order chi connectivity index (χ1) is 7.54. The van der Waals surface area contributed by atoms with Gasteiger partial charge in [0.05, 0.1) is 6.42 Å². The zero-order valence-corrected chi connectivity index (χ0v) is 8.51. The lowest BCUT2D eigenvalue weighted by Gasteiger charge is -2.01.